The number of nitrogens with zero attached hydrogens (tertiary/aromatic N) is 2. The van der Waals surface area contributed by atoms with Gasteiger partial charge >= 0.3 is 5.97 Å². The van der Waals surface area contributed by atoms with Crippen LogP contribution in [0.4, 0.5) is 0 Å². The van der Waals surface area contributed by atoms with Crippen LogP contribution in [-0.4, -0.2) is 138 Å². The molecule has 0 bridgehead atoms. The summed E-state index contributed by atoms with van der Waals surface area (Å²) in [5.74, 6) is -0.0683. The highest BCUT2D eigenvalue weighted by molar-refractivity contribution is 7.81. The monoisotopic (exact) mass is 977 g/mol. The fourth-order valence-electron chi connectivity index (χ4n) is 8.12. The van der Waals surface area contributed by atoms with Gasteiger partial charge in [-0.15, -0.1) is 0 Å². The van der Waals surface area contributed by atoms with Crippen LogP contribution in [-0.2, 0) is 38.7 Å². The number of rotatable bonds is 46. The molecule has 2 atom stereocenters. The van der Waals surface area contributed by atoms with Crippen LogP contribution in [0.5, 0.6) is 0 Å². The number of hydrogen-bond donors (Lipinski definition) is 2. The Balaban J connectivity index is -0.00000279. The van der Waals surface area contributed by atoms with Crippen molar-refractivity contribution >= 4 is 26.8 Å². The largest absolute Gasteiger partial charge is 0.726 e. The van der Waals surface area contributed by atoms with Crippen molar-refractivity contribution in [3.05, 3.63) is 0 Å². The van der Waals surface area contributed by atoms with Crippen molar-refractivity contribution < 1.29 is 63.0 Å². The number of hydrogen-bond acceptors (Lipinski definition) is 12. The minimum Gasteiger partial charge on any atom is -0.726 e. The Bertz CT molecular complexity index is 1200. The van der Waals surface area contributed by atoms with E-state index in [1.54, 1.807) is 0 Å². The molecule has 0 radical (unpaired) electrons. The molecular weight excluding hydrogens is 873 g/mol. The van der Waals surface area contributed by atoms with E-state index in [2.05, 4.69) is 36.3 Å². The van der Waals surface area contributed by atoms with Crippen molar-refractivity contribution in [2.24, 2.45) is 0 Å². The van der Waals surface area contributed by atoms with Crippen LogP contribution in [0, 0.1) is 0 Å². The minimum atomic E-state index is -4.41. The van der Waals surface area contributed by atoms with Gasteiger partial charge in [0, 0.05) is 12.8 Å². The first-order chi connectivity index (χ1) is 31.0. The van der Waals surface area contributed by atoms with Gasteiger partial charge in [-0.05, 0) is 19.3 Å². The molecule has 0 fully saturated rings. The molecule has 0 aromatic carbocycles. The van der Waals surface area contributed by atoms with Crippen LogP contribution < -0.4 is 0 Å². The fraction of sp³-hybridized carbons (Fsp3) is 0.980. The molecule has 0 heterocycles. The molecule has 0 aromatic rings. The maximum absolute atomic E-state index is 12.4. The summed E-state index contributed by atoms with van der Waals surface area (Å²) >= 11 is 0. The maximum atomic E-state index is 12.4. The summed E-state index contributed by atoms with van der Waals surface area (Å²) in [5.41, 5.74) is 0. The van der Waals surface area contributed by atoms with E-state index >= 15 is 0 Å². The second-order valence-electron chi connectivity index (χ2n) is 18.8. The molecule has 16 heteroatoms. The average Bonchev–Trinajstić information content (AvgIpc) is 3.25. The third-order valence-corrected chi connectivity index (χ3v) is 13.3. The lowest BCUT2D eigenvalue weighted by Crippen LogP contribution is -2.52. The fourth-order valence-corrected chi connectivity index (χ4v) is 8.12. The normalized spacial score (nSPS) is 13.6. The minimum absolute atomic E-state index is 0.0683. The zero-order chi connectivity index (χ0) is 49.4. The van der Waals surface area contributed by atoms with E-state index in [4.69, 9.17) is 4.74 Å². The first-order valence-corrected chi connectivity index (χ1v) is 28.7. The van der Waals surface area contributed by atoms with Crippen LogP contribution in [0.2, 0.25) is 0 Å². The molecule has 14 nitrogen and oxygen atoms in total. The summed E-state index contributed by atoms with van der Waals surface area (Å²) in [5, 5.41) is 19.6. The number of carbonyl (C=O) groups is 1. The SMILES string of the molecule is CCCCCCCCCCCCCCCCCC[N+](C)(CCO)CCC[N+](C)(CCO)CCOC(=O)CCCCCCCCCCCCCCCCC.COS(=O)(=O)[O-].COS(=O)(=O)[O-]. The van der Waals surface area contributed by atoms with Gasteiger partial charge < -0.3 is 33.0 Å². The lowest BCUT2D eigenvalue weighted by atomic mass is 10.0. The van der Waals surface area contributed by atoms with Crippen LogP contribution in [0.3, 0.4) is 0 Å². The molecule has 0 aliphatic carbocycles. The van der Waals surface area contributed by atoms with Gasteiger partial charge in [0.05, 0.1) is 61.2 Å². The standard InChI is InChI=1S/C47H98N2O4.2CH4O4S/c1-5-7-9-11-13-15-17-19-21-23-25-27-29-31-33-35-38-48(3,41-44-50)39-36-40-49(4,42-45-51)43-46-53-47(52)37-34-32-30-28-26-24-22-20-18-16-14-12-10-8-6-2;2*1-5-6(2,3)4/h50-51H,5-46H2,1-4H3;2*1H3,(H,2,3,4)/q+2;;/p-2. The molecule has 0 aromatic heterocycles. The van der Waals surface area contributed by atoms with E-state index < -0.39 is 20.8 Å². The predicted molar refractivity (Wildman–Crippen MR) is 264 cm³/mol. The number of quaternary nitrogens is 2. The highest BCUT2D eigenvalue weighted by atomic mass is 32.3. The van der Waals surface area contributed by atoms with E-state index in [0.29, 0.717) is 19.6 Å². The maximum Gasteiger partial charge on any atom is 0.305 e. The lowest BCUT2D eigenvalue weighted by molar-refractivity contribution is -0.928. The first-order valence-electron chi connectivity index (χ1n) is 26.0. The molecule has 0 saturated carbocycles. The summed E-state index contributed by atoms with van der Waals surface area (Å²) < 4.78 is 69.3. The second kappa shape index (κ2) is 48.1. The quantitative estimate of drug-likeness (QED) is 0.0193. The number of likely N-dealkylation sites (N-methyl/N-ethyl adjacent to an activating group) is 2. The van der Waals surface area contributed by atoms with Crippen molar-refractivity contribution in [1.82, 2.24) is 0 Å². The Morgan fingerprint density at radius 3 is 0.938 bits per heavy atom. The Morgan fingerprint density at radius 1 is 0.415 bits per heavy atom. The molecule has 0 rings (SSSR count). The summed E-state index contributed by atoms with van der Waals surface area (Å²) in [6.07, 6.45) is 43.7. The van der Waals surface area contributed by atoms with E-state index in [-0.39, 0.29) is 19.2 Å². The molecule has 2 N–H and O–H groups in total. The van der Waals surface area contributed by atoms with Crippen LogP contribution >= 0.6 is 0 Å². The second-order valence-corrected chi connectivity index (χ2v) is 21.1. The van der Waals surface area contributed by atoms with Crippen molar-refractivity contribution in [2.75, 3.05) is 87.4 Å². The highest BCUT2D eigenvalue weighted by Gasteiger charge is 2.26. The number of carbonyl (C=O) groups excluding carboxylic acids is 1. The summed E-state index contributed by atoms with van der Waals surface area (Å²) in [4.78, 5) is 12.4. The van der Waals surface area contributed by atoms with Gasteiger partial charge in [-0.3, -0.25) is 13.2 Å². The number of aliphatic hydroxyl groups excluding tert-OH is 2. The Morgan fingerprint density at radius 2 is 0.662 bits per heavy atom. The topological polar surface area (TPSA) is 200 Å². The summed E-state index contributed by atoms with van der Waals surface area (Å²) in [6.45, 7) is 10.7. The van der Waals surface area contributed by atoms with Crippen molar-refractivity contribution in [1.29, 1.82) is 0 Å². The molecule has 0 saturated heterocycles. The van der Waals surface area contributed by atoms with Gasteiger partial charge in [-0.1, -0.05) is 194 Å². The van der Waals surface area contributed by atoms with Crippen LogP contribution in [0.15, 0.2) is 0 Å². The molecule has 0 aliphatic rings. The van der Waals surface area contributed by atoms with Gasteiger partial charge in [0.1, 0.15) is 26.2 Å². The summed E-state index contributed by atoms with van der Waals surface area (Å²) in [6, 6.07) is 0. The number of aliphatic hydroxyl groups is 2. The van der Waals surface area contributed by atoms with Crippen LogP contribution in [0.25, 0.3) is 0 Å². The Labute approximate surface area is 401 Å². The molecule has 0 amide bonds. The van der Waals surface area contributed by atoms with Crippen molar-refractivity contribution in [3.8, 4) is 0 Å². The lowest BCUT2D eigenvalue weighted by Gasteiger charge is -2.37. The molecule has 65 heavy (non-hydrogen) atoms. The third-order valence-electron chi connectivity index (χ3n) is 12.5. The van der Waals surface area contributed by atoms with E-state index in [1.165, 1.54) is 186 Å². The van der Waals surface area contributed by atoms with Gasteiger partial charge in [0.15, 0.2) is 0 Å². The summed E-state index contributed by atoms with van der Waals surface area (Å²) in [7, 11) is -2.72. The zero-order valence-corrected chi connectivity index (χ0v) is 44.5. The van der Waals surface area contributed by atoms with Crippen LogP contribution in [0.1, 0.15) is 226 Å². The van der Waals surface area contributed by atoms with E-state index in [9.17, 15) is 40.9 Å². The van der Waals surface area contributed by atoms with Crippen molar-refractivity contribution in [3.63, 3.8) is 0 Å². The molecule has 0 aliphatic heterocycles. The molecular formula is C49H104N2O12S2. The van der Waals surface area contributed by atoms with Gasteiger partial charge in [-0.2, -0.15) is 0 Å². The number of esters is 1. The zero-order valence-electron chi connectivity index (χ0n) is 42.9. The number of ether oxygens (including phenoxy) is 1. The number of unbranched alkanes of at least 4 members (excludes halogenated alkanes) is 29. The Hall–Kier alpha value is -0.950. The average molecular weight is 978 g/mol. The predicted octanol–water partition coefficient (Wildman–Crippen LogP) is 10.5. The van der Waals surface area contributed by atoms with Gasteiger partial charge in [0.2, 0.25) is 20.8 Å². The first kappa shape index (κ1) is 68.3. The molecule has 2 unspecified atom stereocenters. The highest BCUT2D eigenvalue weighted by Crippen LogP contribution is 2.17. The van der Waals surface area contributed by atoms with Gasteiger partial charge in [-0.25, -0.2) is 16.8 Å². The molecule has 0 spiro atoms. The third kappa shape index (κ3) is 57.3. The van der Waals surface area contributed by atoms with Crippen molar-refractivity contribution in [2.45, 2.75) is 226 Å². The molecule has 394 valence electrons. The van der Waals surface area contributed by atoms with Gasteiger partial charge in [0.25, 0.3) is 0 Å². The smallest absolute Gasteiger partial charge is 0.305 e. The Kier molecular flexibility index (Phi) is 50.5. The van der Waals surface area contributed by atoms with E-state index in [0.717, 1.165) is 75.2 Å². The van der Waals surface area contributed by atoms with E-state index in [1.807, 2.05) is 0 Å².